The summed E-state index contributed by atoms with van der Waals surface area (Å²) in [5.41, 5.74) is 2.03. The van der Waals surface area contributed by atoms with Crippen LogP contribution in [0.4, 0.5) is 14.6 Å². The number of anilines is 1. The molecule has 4 aromatic rings. The van der Waals surface area contributed by atoms with Crippen LogP contribution in [-0.2, 0) is 5.54 Å². The number of rotatable bonds is 4. The second kappa shape index (κ2) is 6.32. The Balaban J connectivity index is 1.44. The van der Waals surface area contributed by atoms with E-state index in [1.165, 1.54) is 18.2 Å². The Morgan fingerprint density at radius 3 is 2.84 bits per heavy atom. The molecule has 1 aliphatic carbocycles. The molecule has 1 saturated heterocycles. The van der Waals surface area contributed by atoms with Crippen LogP contribution >= 0.6 is 0 Å². The van der Waals surface area contributed by atoms with E-state index in [1.807, 2.05) is 32.3 Å². The molecule has 1 aliphatic heterocycles. The van der Waals surface area contributed by atoms with Gasteiger partial charge in [0.1, 0.15) is 23.1 Å². The van der Waals surface area contributed by atoms with Gasteiger partial charge in [0.15, 0.2) is 5.65 Å². The fraction of sp³-hybridized carbons (Fsp3) is 0.364. The van der Waals surface area contributed by atoms with Crippen LogP contribution in [-0.4, -0.2) is 36.1 Å². The molecular formula is C22H21F2N7. The summed E-state index contributed by atoms with van der Waals surface area (Å²) >= 11 is 0. The lowest BCUT2D eigenvalue weighted by Crippen LogP contribution is -2.34. The van der Waals surface area contributed by atoms with Crippen molar-refractivity contribution in [1.29, 1.82) is 0 Å². The van der Waals surface area contributed by atoms with Gasteiger partial charge in [-0.15, -0.1) is 5.10 Å². The maximum Gasteiger partial charge on any atom is 0.166 e. The number of aromatic nitrogens is 6. The lowest BCUT2D eigenvalue weighted by molar-refractivity contribution is 0.514. The van der Waals surface area contributed by atoms with Crippen LogP contribution in [0.2, 0.25) is 0 Å². The summed E-state index contributed by atoms with van der Waals surface area (Å²) in [6.07, 6.45) is 7.19. The number of fused-ring (bicyclic) bond motifs is 2. The number of halogens is 2. The molecule has 7 nitrogen and oxygen atoms in total. The van der Waals surface area contributed by atoms with Crippen molar-refractivity contribution in [2.24, 2.45) is 5.92 Å². The highest BCUT2D eigenvalue weighted by molar-refractivity contribution is 5.75. The van der Waals surface area contributed by atoms with Crippen molar-refractivity contribution >= 4 is 11.5 Å². The molecule has 4 heterocycles. The average Bonchev–Trinajstić information content (AvgIpc) is 3.13. The van der Waals surface area contributed by atoms with Crippen LogP contribution in [0.25, 0.3) is 16.9 Å². The SMILES string of the molecule is CC(C)n1cc(-c2cnn3ccc(N4CC[C@H]5C[C@]54c4cc(F)ccc4F)nc23)nn1. The standard InChI is InChI=1S/C22H21F2N7/c1-13(2)31-12-19(27-28-31)16-11-25-30-8-6-20(26-21(16)30)29-7-5-14-10-22(14,29)17-9-15(23)3-4-18(17)24/h3-4,6,8-9,11-14H,5,7,10H2,1-2H3/t14-,22+/m0/s1. The Morgan fingerprint density at radius 2 is 2.06 bits per heavy atom. The van der Waals surface area contributed by atoms with Gasteiger partial charge in [0, 0.05) is 24.3 Å². The third kappa shape index (κ3) is 2.62. The Bertz CT molecular complexity index is 1310. The van der Waals surface area contributed by atoms with Gasteiger partial charge in [0.25, 0.3) is 0 Å². The van der Waals surface area contributed by atoms with E-state index in [1.54, 1.807) is 15.4 Å². The minimum absolute atomic E-state index is 0.198. The van der Waals surface area contributed by atoms with Crippen molar-refractivity contribution in [2.45, 2.75) is 38.3 Å². The second-order valence-corrected chi connectivity index (χ2v) is 8.68. The zero-order valence-corrected chi connectivity index (χ0v) is 17.2. The fourth-order valence-corrected chi connectivity index (χ4v) is 4.94. The Morgan fingerprint density at radius 1 is 1.19 bits per heavy atom. The molecule has 0 N–H and O–H groups in total. The van der Waals surface area contributed by atoms with Crippen LogP contribution in [0, 0.1) is 17.6 Å². The van der Waals surface area contributed by atoms with Gasteiger partial charge in [0.2, 0.25) is 0 Å². The molecule has 6 rings (SSSR count). The van der Waals surface area contributed by atoms with E-state index in [0.717, 1.165) is 30.8 Å². The summed E-state index contributed by atoms with van der Waals surface area (Å²) in [6, 6.07) is 5.80. The van der Waals surface area contributed by atoms with E-state index in [9.17, 15) is 8.78 Å². The molecule has 2 aliphatic rings. The van der Waals surface area contributed by atoms with Crippen molar-refractivity contribution in [3.05, 3.63) is 60.1 Å². The summed E-state index contributed by atoms with van der Waals surface area (Å²) < 4.78 is 32.1. The predicted octanol–water partition coefficient (Wildman–Crippen LogP) is 3.97. The topological polar surface area (TPSA) is 64.1 Å². The normalized spacial score (nSPS) is 22.5. The average molecular weight is 421 g/mol. The van der Waals surface area contributed by atoms with Crippen LogP contribution < -0.4 is 4.90 Å². The Hall–Kier alpha value is -3.36. The molecule has 31 heavy (non-hydrogen) atoms. The molecule has 1 aromatic carbocycles. The lowest BCUT2D eigenvalue weighted by atomic mass is 10.0. The van der Waals surface area contributed by atoms with Crippen molar-refractivity contribution in [2.75, 3.05) is 11.4 Å². The van der Waals surface area contributed by atoms with Gasteiger partial charge in [-0.05, 0) is 56.9 Å². The highest BCUT2D eigenvalue weighted by Gasteiger charge is 2.64. The van der Waals surface area contributed by atoms with Gasteiger partial charge in [-0.1, -0.05) is 5.21 Å². The molecule has 0 bridgehead atoms. The predicted molar refractivity (Wildman–Crippen MR) is 110 cm³/mol. The molecule has 0 unspecified atom stereocenters. The molecule has 1 saturated carbocycles. The highest BCUT2D eigenvalue weighted by Crippen LogP contribution is 2.63. The largest absolute Gasteiger partial charge is 0.346 e. The third-order valence-electron chi connectivity index (χ3n) is 6.60. The maximum absolute atomic E-state index is 14.7. The van der Waals surface area contributed by atoms with Gasteiger partial charge in [-0.25, -0.2) is 23.0 Å². The molecule has 3 aromatic heterocycles. The first-order chi connectivity index (χ1) is 15.0. The summed E-state index contributed by atoms with van der Waals surface area (Å²) in [5, 5.41) is 12.9. The van der Waals surface area contributed by atoms with Gasteiger partial charge < -0.3 is 4.90 Å². The van der Waals surface area contributed by atoms with E-state index in [0.29, 0.717) is 22.8 Å². The summed E-state index contributed by atoms with van der Waals surface area (Å²) in [5.74, 6) is 0.247. The Kier molecular flexibility index (Phi) is 3.75. The second-order valence-electron chi connectivity index (χ2n) is 8.68. The van der Waals surface area contributed by atoms with Crippen LogP contribution in [0.1, 0.15) is 38.3 Å². The van der Waals surface area contributed by atoms with Crippen molar-refractivity contribution in [3.63, 3.8) is 0 Å². The molecule has 0 amide bonds. The zero-order chi connectivity index (χ0) is 21.3. The first kappa shape index (κ1) is 18.4. The minimum atomic E-state index is -0.529. The minimum Gasteiger partial charge on any atom is -0.346 e. The van der Waals surface area contributed by atoms with Crippen LogP contribution in [0.15, 0.2) is 42.9 Å². The van der Waals surface area contributed by atoms with Gasteiger partial charge in [-0.2, -0.15) is 5.10 Å². The first-order valence-corrected chi connectivity index (χ1v) is 10.5. The smallest absolute Gasteiger partial charge is 0.166 e. The van der Waals surface area contributed by atoms with Crippen LogP contribution in [0.5, 0.6) is 0 Å². The number of hydrogen-bond donors (Lipinski definition) is 0. The quantitative estimate of drug-likeness (QED) is 0.499. The highest BCUT2D eigenvalue weighted by atomic mass is 19.1. The molecule has 2 atom stereocenters. The third-order valence-corrected chi connectivity index (χ3v) is 6.60. The number of piperidine rings is 1. The summed E-state index contributed by atoms with van der Waals surface area (Å²) in [4.78, 5) is 7.00. The molecule has 0 radical (unpaired) electrons. The molecule has 158 valence electrons. The lowest BCUT2D eigenvalue weighted by Gasteiger charge is -2.30. The molecule has 9 heteroatoms. The van der Waals surface area contributed by atoms with Crippen molar-refractivity contribution < 1.29 is 8.78 Å². The zero-order valence-electron chi connectivity index (χ0n) is 17.2. The van der Waals surface area contributed by atoms with Gasteiger partial charge in [-0.3, -0.25) is 0 Å². The van der Waals surface area contributed by atoms with Crippen LogP contribution in [0.3, 0.4) is 0 Å². The fourth-order valence-electron chi connectivity index (χ4n) is 4.94. The molecular weight excluding hydrogens is 400 g/mol. The number of hydrogen-bond acceptors (Lipinski definition) is 5. The first-order valence-electron chi connectivity index (χ1n) is 10.5. The Labute approximate surface area is 177 Å². The molecule has 0 spiro atoms. The van der Waals surface area contributed by atoms with Gasteiger partial charge in [0.05, 0.1) is 23.5 Å². The number of benzene rings is 1. The van der Waals surface area contributed by atoms with E-state index in [-0.39, 0.29) is 11.9 Å². The van der Waals surface area contributed by atoms with Crippen molar-refractivity contribution in [3.8, 4) is 11.3 Å². The monoisotopic (exact) mass is 421 g/mol. The van der Waals surface area contributed by atoms with Gasteiger partial charge >= 0.3 is 0 Å². The van der Waals surface area contributed by atoms with E-state index in [4.69, 9.17) is 4.98 Å². The van der Waals surface area contributed by atoms with E-state index in [2.05, 4.69) is 20.3 Å². The van der Waals surface area contributed by atoms with Crippen molar-refractivity contribution in [1.82, 2.24) is 29.6 Å². The number of nitrogens with zero attached hydrogens (tertiary/aromatic N) is 7. The van der Waals surface area contributed by atoms with E-state index >= 15 is 0 Å². The molecule has 2 fully saturated rings. The summed E-state index contributed by atoms with van der Waals surface area (Å²) in [6.45, 7) is 4.82. The summed E-state index contributed by atoms with van der Waals surface area (Å²) in [7, 11) is 0. The maximum atomic E-state index is 14.7. The van der Waals surface area contributed by atoms with E-state index < -0.39 is 11.4 Å².